The Morgan fingerprint density at radius 1 is 1.29 bits per heavy atom. The molecule has 0 saturated heterocycles. The number of hydrogen-bond donors (Lipinski definition) is 1. The highest BCUT2D eigenvalue weighted by atomic mass is 16.3. The van der Waals surface area contributed by atoms with E-state index in [0.29, 0.717) is 0 Å². The van der Waals surface area contributed by atoms with Crippen LogP contribution in [0.2, 0.25) is 0 Å². The number of aliphatic hydroxyl groups excluding tert-OH is 1. The zero-order valence-electron chi connectivity index (χ0n) is 8.69. The van der Waals surface area contributed by atoms with Crippen LogP contribution in [0.4, 0.5) is 0 Å². The van der Waals surface area contributed by atoms with Gasteiger partial charge in [-0.2, -0.15) is 0 Å². The van der Waals surface area contributed by atoms with Crippen LogP contribution >= 0.6 is 0 Å². The maximum atomic E-state index is 9.59. The average Bonchev–Trinajstić information content (AvgIpc) is 2.25. The van der Waals surface area contributed by atoms with Crippen LogP contribution in [0.25, 0.3) is 0 Å². The fourth-order valence-corrected chi connectivity index (χ4v) is 1.39. The Morgan fingerprint density at radius 2 is 2.00 bits per heavy atom. The first kappa shape index (κ1) is 11.0. The fourth-order valence-electron chi connectivity index (χ4n) is 1.39. The largest absolute Gasteiger partial charge is 0.393 e. The van der Waals surface area contributed by atoms with Gasteiger partial charge in [-0.25, -0.2) is 0 Å². The zero-order chi connectivity index (χ0) is 10.2. The molecule has 76 valence electrons. The highest BCUT2D eigenvalue weighted by Gasteiger charge is 2.01. The molecule has 0 saturated carbocycles. The van der Waals surface area contributed by atoms with E-state index in [0.717, 1.165) is 19.3 Å². The summed E-state index contributed by atoms with van der Waals surface area (Å²) in [6.45, 7) is 1.98. The van der Waals surface area contributed by atoms with Crippen molar-refractivity contribution in [2.24, 2.45) is 0 Å². The number of benzene rings is 1. The van der Waals surface area contributed by atoms with Crippen LogP contribution < -0.4 is 0 Å². The summed E-state index contributed by atoms with van der Waals surface area (Å²) in [7, 11) is 0. The second kappa shape index (κ2) is 6.39. The van der Waals surface area contributed by atoms with E-state index in [1.165, 1.54) is 5.56 Å². The lowest BCUT2D eigenvalue weighted by Gasteiger charge is -2.07. The molecule has 0 aliphatic carbocycles. The lowest BCUT2D eigenvalue weighted by Crippen LogP contribution is -2.06. The van der Waals surface area contributed by atoms with Crippen LogP contribution in [-0.2, 0) is 6.42 Å². The summed E-state index contributed by atoms with van der Waals surface area (Å²) in [5, 5.41) is 9.59. The Morgan fingerprint density at radius 3 is 2.64 bits per heavy atom. The Kier molecular flexibility index (Phi) is 5.02. The van der Waals surface area contributed by atoms with Crippen molar-refractivity contribution in [2.45, 2.75) is 32.3 Å². The molecular formula is C13H18O. The maximum Gasteiger partial charge on any atom is 0.0577 e. The third-order valence-corrected chi connectivity index (χ3v) is 2.25. The molecule has 0 aliphatic rings. The molecular weight excluding hydrogens is 172 g/mol. The van der Waals surface area contributed by atoms with Gasteiger partial charge in [-0.05, 0) is 31.7 Å². The highest BCUT2D eigenvalue weighted by Crippen LogP contribution is 2.07. The maximum absolute atomic E-state index is 9.59. The van der Waals surface area contributed by atoms with Crippen molar-refractivity contribution in [3.05, 3.63) is 48.0 Å². The lowest BCUT2D eigenvalue weighted by molar-refractivity contribution is 0.168. The van der Waals surface area contributed by atoms with Crippen molar-refractivity contribution in [1.29, 1.82) is 0 Å². The van der Waals surface area contributed by atoms with E-state index in [-0.39, 0.29) is 6.10 Å². The van der Waals surface area contributed by atoms with Gasteiger partial charge in [0.05, 0.1) is 6.10 Å². The van der Waals surface area contributed by atoms with Gasteiger partial charge in [0.2, 0.25) is 0 Å². The lowest BCUT2D eigenvalue weighted by atomic mass is 10.1. The molecule has 0 amide bonds. The molecule has 0 bridgehead atoms. The minimum absolute atomic E-state index is 0.202. The molecule has 14 heavy (non-hydrogen) atoms. The molecule has 1 nitrogen and oxygen atoms in total. The van der Waals surface area contributed by atoms with Crippen LogP contribution in [0, 0.1) is 0 Å². The molecule has 0 heterocycles. The predicted octanol–water partition coefficient (Wildman–Crippen LogP) is 2.95. The summed E-state index contributed by atoms with van der Waals surface area (Å²) < 4.78 is 0. The Hall–Kier alpha value is -1.08. The van der Waals surface area contributed by atoms with E-state index in [2.05, 4.69) is 12.1 Å². The van der Waals surface area contributed by atoms with Crippen LogP contribution in [-0.4, -0.2) is 11.2 Å². The van der Waals surface area contributed by atoms with Crippen molar-refractivity contribution in [3.8, 4) is 0 Å². The molecule has 0 fully saturated rings. The molecule has 1 heteroatoms. The van der Waals surface area contributed by atoms with E-state index in [4.69, 9.17) is 0 Å². The Labute approximate surface area is 86.1 Å². The summed E-state index contributed by atoms with van der Waals surface area (Å²) in [5.74, 6) is 0. The normalized spacial score (nSPS) is 13.3. The number of hydrogen-bond acceptors (Lipinski definition) is 1. The van der Waals surface area contributed by atoms with Gasteiger partial charge in [0.25, 0.3) is 0 Å². The van der Waals surface area contributed by atoms with Crippen molar-refractivity contribution in [2.75, 3.05) is 0 Å². The van der Waals surface area contributed by atoms with Gasteiger partial charge in [-0.1, -0.05) is 42.5 Å². The molecule has 1 aromatic carbocycles. The third kappa shape index (κ3) is 4.24. The second-order valence-corrected chi connectivity index (χ2v) is 3.48. The number of aryl methyl sites for hydroxylation is 1. The van der Waals surface area contributed by atoms with Gasteiger partial charge >= 0.3 is 0 Å². The quantitative estimate of drug-likeness (QED) is 0.708. The van der Waals surface area contributed by atoms with E-state index in [1.54, 1.807) is 0 Å². The summed E-state index contributed by atoms with van der Waals surface area (Å²) in [6.07, 6.45) is 6.35. The first-order valence-electron chi connectivity index (χ1n) is 5.16. The van der Waals surface area contributed by atoms with Gasteiger partial charge in [-0.3, -0.25) is 0 Å². The molecule has 0 aliphatic heterocycles. The van der Waals surface area contributed by atoms with Gasteiger partial charge in [0, 0.05) is 0 Å². The topological polar surface area (TPSA) is 20.2 Å². The summed E-state index contributed by atoms with van der Waals surface area (Å²) in [5.41, 5.74) is 1.30. The van der Waals surface area contributed by atoms with E-state index >= 15 is 0 Å². The number of allylic oxidation sites excluding steroid dienone is 1. The molecule has 1 atom stereocenters. The average molecular weight is 190 g/mol. The molecule has 1 aromatic rings. The molecule has 1 N–H and O–H groups in total. The molecule has 1 rings (SSSR count). The molecule has 0 spiro atoms. The smallest absolute Gasteiger partial charge is 0.0577 e. The minimum atomic E-state index is -0.202. The van der Waals surface area contributed by atoms with Crippen molar-refractivity contribution < 1.29 is 5.11 Å². The third-order valence-electron chi connectivity index (χ3n) is 2.25. The molecule has 0 radical (unpaired) electrons. The van der Waals surface area contributed by atoms with Crippen LogP contribution in [0.5, 0.6) is 0 Å². The summed E-state index contributed by atoms with van der Waals surface area (Å²) in [4.78, 5) is 0. The molecule has 0 unspecified atom stereocenters. The first-order chi connectivity index (χ1) is 6.83. The van der Waals surface area contributed by atoms with Gasteiger partial charge in [0.15, 0.2) is 0 Å². The van der Waals surface area contributed by atoms with Gasteiger partial charge in [0.1, 0.15) is 0 Å². The van der Waals surface area contributed by atoms with Crippen molar-refractivity contribution >= 4 is 0 Å². The van der Waals surface area contributed by atoms with E-state index in [9.17, 15) is 5.11 Å². The monoisotopic (exact) mass is 190 g/mol. The SMILES string of the molecule is C/C=C/C[C@H](O)CCc1ccccc1. The van der Waals surface area contributed by atoms with E-state index < -0.39 is 0 Å². The summed E-state index contributed by atoms with van der Waals surface area (Å²) >= 11 is 0. The predicted molar refractivity (Wildman–Crippen MR) is 60.2 cm³/mol. The minimum Gasteiger partial charge on any atom is -0.393 e. The van der Waals surface area contributed by atoms with E-state index in [1.807, 2.05) is 37.3 Å². The fraction of sp³-hybridized carbons (Fsp3) is 0.385. The standard InChI is InChI=1S/C13H18O/c1-2-3-9-13(14)11-10-12-7-5-4-6-8-12/h2-8,13-14H,9-11H2,1H3/b3-2+/t13-/m0/s1. The Balaban J connectivity index is 2.27. The highest BCUT2D eigenvalue weighted by molar-refractivity contribution is 5.14. The Bertz CT molecular complexity index is 264. The summed E-state index contributed by atoms with van der Waals surface area (Å²) in [6, 6.07) is 10.3. The van der Waals surface area contributed by atoms with Crippen molar-refractivity contribution in [3.63, 3.8) is 0 Å². The number of aliphatic hydroxyl groups is 1. The van der Waals surface area contributed by atoms with Crippen LogP contribution in [0.3, 0.4) is 0 Å². The second-order valence-electron chi connectivity index (χ2n) is 3.48. The first-order valence-corrected chi connectivity index (χ1v) is 5.16. The zero-order valence-corrected chi connectivity index (χ0v) is 8.69. The van der Waals surface area contributed by atoms with Crippen molar-refractivity contribution in [1.82, 2.24) is 0 Å². The van der Waals surface area contributed by atoms with Crippen LogP contribution in [0.15, 0.2) is 42.5 Å². The number of rotatable bonds is 5. The van der Waals surface area contributed by atoms with Gasteiger partial charge in [-0.15, -0.1) is 0 Å². The van der Waals surface area contributed by atoms with Crippen LogP contribution in [0.1, 0.15) is 25.3 Å². The molecule has 0 aromatic heterocycles. The van der Waals surface area contributed by atoms with Gasteiger partial charge < -0.3 is 5.11 Å².